The number of anilines is 1. The monoisotopic (exact) mass is 230 g/mol. The van der Waals surface area contributed by atoms with Gasteiger partial charge in [-0.2, -0.15) is 5.26 Å². The van der Waals surface area contributed by atoms with Gasteiger partial charge in [-0.3, -0.25) is 0 Å². The quantitative estimate of drug-likeness (QED) is 0.866. The molecule has 90 valence electrons. The molecule has 2 rings (SSSR count). The highest BCUT2D eigenvalue weighted by Crippen LogP contribution is 2.68. The number of hydrogen-bond acceptors (Lipinski definition) is 4. The molecule has 0 aromatic carbocycles. The van der Waals surface area contributed by atoms with Crippen molar-refractivity contribution in [1.82, 2.24) is 9.97 Å². The molecule has 1 aromatic heterocycles. The first-order chi connectivity index (χ1) is 7.89. The second-order valence-corrected chi connectivity index (χ2v) is 5.75. The van der Waals surface area contributed by atoms with E-state index < -0.39 is 0 Å². The summed E-state index contributed by atoms with van der Waals surface area (Å²) in [5.41, 5.74) is 1.11. The van der Waals surface area contributed by atoms with Gasteiger partial charge in [-0.25, -0.2) is 9.97 Å². The van der Waals surface area contributed by atoms with Gasteiger partial charge in [0.25, 0.3) is 0 Å². The number of aromatic nitrogens is 2. The molecule has 1 aromatic rings. The Morgan fingerprint density at radius 3 is 2.53 bits per heavy atom. The molecular formula is C13H18N4. The maximum absolute atomic E-state index is 8.75. The number of rotatable bonds is 3. The van der Waals surface area contributed by atoms with E-state index in [1.807, 2.05) is 6.07 Å². The molecule has 0 spiro atoms. The van der Waals surface area contributed by atoms with Gasteiger partial charge < -0.3 is 5.32 Å². The van der Waals surface area contributed by atoms with E-state index >= 15 is 0 Å². The van der Waals surface area contributed by atoms with Crippen molar-refractivity contribution in [3.05, 3.63) is 18.0 Å². The smallest absolute Gasteiger partial charge is 0.223 e. The van der Waals surface area contributed by atoms with Crippen LogP contribution in [0.15, 0.2) is 12.3 Å². The zero-order valence-electron chi connectivity index (χ0n) is 10.8. The van der Waals surface area contributed by atoms with Gasteiger partial charge in [0.1, 0.15) is 11.8 Å². The SMILES string of the molecule is CC1(C)C(CNc2nccc(C#N)n2)C1(C)C. The summed E-state index contributed by atoms with van der Waals surface area (Å²) < 4.78 is 0. The highest BCUT2D eigenvalue weighted by atomic mass is 15.1. The zero-order chi connectivity index (χ0) is 12.7. The summed E-state index contributed by atoms with van der Waals surface area (Å²) in [4.78, 5) is 8.21. The van der Waals surface area contributed by atoms with E-state index in [1.54, 1.807) is 12.3 Å². The van der Waals surface area contributed by atoms with Crippen LogP contribution in [0.2, 0.25) is 0 Å². The minimum atomic E-state index is 0.354. The molecule has 1 aliphatic carbocycles. The Balaban J connectivity index is 1.98. The van der Waals surface area contributed by atoms with Gasteiger partial charge in [0.15, 0.2) is 0 Å². The van der Waals surface area contributed by atoms with Gasteiger partial charge in [-0.05, 0) is 22.8 Å². The summed E-state index contributed by atoms with van der Waals surface area (Å²) in [6, 6.07) is 3.62. The summed E-state index contributed by atoms with van der Waals surface area (Å²) in [5, 5.41) is 12.0. The minimum Gasteiger partial charge on any atom is -0.354 e. The van der Waals surface area contributed by atoms with Crippen LogP contribution in [0.5, 0.6) is 0 Å². The predicted octanol–water partition coefficient (Wildman–Crippen LogP) is 2.44. The summed E-state index contributed by atoms with van der Waals surface area (Å²) >= 11 is 0. The van der Waals surface area contributed by atoms with Crippen molar-refractivity contribution in [2.75, 3.05) is 11.9 Å². The summed E-state index contributed by atoms with van der Waals surface area (Å²) in [6.45, 7) is 9.99. The number of hydrogen-bond donors (Lipinski definition) is 1. The van der Waals surface area contributed by atoms with Gasteiger partial charge in [0.05, 0.1) is 0 Å². The molecule has 4 nitrogen and oxygen atoms in total. The van der Waals surface area contributed by atoms with E-state index in [1.165, 1.54) is 0 Å². The van der Waals surface area contributed by atoms with Crippen LogP contribution in [-0.4, -0.2) is 16.5 Å². The third-order valence-electron chi connectivity index (χ3n) is 4.55. The maximum Gasteiger partial charge on any atom is 0.223 e. The second kappa shape index (κ2) is 3.69. The van der Waals surface area contributed by atoms with Crippen molar-refractivity contribution >= 4 is 5.95 Å². The second-order valence-electron chi connectivity index (χ2n) is 5.75. The predicted molar refractivity (Wildman–Crippen MR) is 66.3 cm³/mol. The molecule has 0 atom stereocenters. The van der Waals surface area contributed by atoms with Crippen molar-refractivity contribution in [2.45, 2.75) is 27.7 Å². The standard InChI is InChI=1S/C13H18N4/c1-12(2)10(13(12,3)4)8-16-11-15-6-5-9(7-14)17-11/h5-6,10H,8H2,1-4H3,(H,15,16,17). The van der Waals surface area contributed by atoms with Crippen LogP contribution >= 0.6 is 0 Å². The third kappa shape index (κ3) is 1.86. The highest BCUT2D eigenvalue weighted by Gasteiger charge is 2.64. The van der Waals surface area contributed by atoms with Gasteiger partial charge in [0.2, 0.25) is 5.95 Å². The normalized spacial score (nSPS) is 20.6. The van der Waals surface area contributed by atoms with Crippen LogP contribution in [0.3, 0.4) is 0 Å². The van der Waals surface area contributed by atoms with Crippen LogP contribution in [-0.2, 0) is 0 Å². The van der Waals surface area contributed by atoms with Crippen LogP contribution in [0.1, 0.15) is 33.4 Å². The number of nitrogens with one attached hydrogen (secondary N) is 1. The molecule has 1 aliphatic rings. The lowest BCUT2D eigenvalue weighted by Gasteiger charge is -2.05. The zero-order valence-corrected chi connectivity index (χ0v) is 10.8. The minimum absolute atomic E-state index is 0.354. The first-order valence-electron chi connectivity index (χ1n) is 5.86. The average molecular weight is 230 g/mol. The third-order valence-corrected chi connectivity index (χ3v) is 4.55. The summed E-state index contributed by atoms with van der Waals surface area (Å²) in [6.07, 6.45) is 1.61. The highest BCUT2D eigenvalue weighted by molar-refractivity contribution is 5.31. The van der Waals surface area contributed by atoms with Crippen molar-refractivity contribution < 1.29 is 0 Å². The molecule has 0 radical (unpaired) electrons. The van der Waals surface area contributed by atoms with Crippen LogP contribution in [0.4, 0.5) is 5.95 Å². The Labute approximate surface area is 102 Å². The molecule has 1 saturated carbocycles. The van der Waals surface area contributed by atoms with E-state index in [0.717, 1.165) is 6.54 Å². The molecule has 0 amide bonds. The van der Waals surface area contributed by atoms with E-state index in [2.05, 4.69) is 43.0 Å². The van der Waals surface area contributed by atoms with Gasteiger partial charge in [0, 0.05) is 12.7 Å². The lowest BCUT2D eigenvalue weighted by molar-refractivity contribution is 0.457. The molecule has 17 heavy (non-hydrogen) atoms. The Hall–Kier alpha value is -1.63. The van der Waals surface area contributed by atoms with Gasteiger partial charge in [-0.1, -0.05) is 27.7 Å². The van der Waals surface area contributed by atoms with Gasteiger partial charge in [-0.15, -0.1) is 0 Å². The summed E-state index contributed by atoms with van der Waals surface area (Å²) in [5.74, 6) is 1.16. The van der Waals surface area contributed by atoms with Crippen molar-refractivity contribution in [3.8, 4) is 6.07 Å². The first-order valence-corrected chi connectivity index (χ1v) is 5.86. The molecule has 0 saturated heterocycles. The Bertz CT molecular complexity index is 457. The summed E-state index contributed by atoms with van der Waals surface area (Å²) in [7, 11) is 0. The molecule has 4 heteroatoms. The average Bonchev–Trinajstić information content (AvgIpc) is 2.67. The Kier molecular flexibility index (Phi) is 2.57. The molecule has 0 unspecified atom stereocenters. The maximum atomic E-state index is 8.75. The Morgan fingerprint density at radius 2 is 2.00 bits per heavy atom. The van der Waals surface area contributed by atoms with Crippen molar-refractivity contribution in [3.63, 3.8) is 0 Å². The lowest BCUT2D eigenvalue weighted by atomic mass is 10.0. The van der Waals surface area contributed by atoms with E-state index in [-0.39, 0.29) is 0 Å². The fourth-order valence-corrected chi connectivity index (χ4v) is 2.54. The van der Waals surface area contributed by atoms with Crippen molar-refractivity contribution in [1.29, 1.82) is 5.26 Å². The van der Waals surface area contributed by atoms with Crippen LogP contribution in [0.25, 0.3) is 0 Å². The molecule has 0 aliphatic heterocycles. The topological polar surface area (TPSA) is 61.6 Å². The molecular weight excluding hydrogens is 212 g/mol. The molecule has 1 N–H and O–H groups in total. The van der Waals surface area contributed by atoms with E-state index in [0.29, 0.717) is 28.4 Å². The van der Waals surface area contributed by atoms with Crippen molar-refractivity contribution in [2.24, 2.45) is 16.7 Å². The lowest BCUT2D eigenvalue weighted by Crippen LogP contribution is -2.10. The van der Waals surface area contributed by atoms with Crippen LogP contribution < -0.4 is 5.32 Å². The molecule has 0 bridgehead atoms. The van der Waals surface area contributed by atoms with E-state index in [4.69, 9.17) is 5.26 Å². The first kappa shape index (κ1) is 11.8. The Morgan fingerprint density at radius 1 is 1.35 bits per heavy atom. The molecule has 1 heterocycles. The van der Waals surface area contributed by atoms with Crippen LogP contribution in [0, 0.1) is 28.1 Å². The van der Waals surface area contributed by atoms with E-state index in [9.17, 15) is 0 Å². The number of nitriles is 1. The van der Waals surface area contributed by atoms with Gasteiger partial charge >= 0.3 is 0 Å². The number of nitrogens with zero attached hydrogens (tertiary/aromatic N) is 3. The fraction of sp³-hybridized carbons (Fsp3) is 0.615. The molecule has 1 fully saturated rings. The fourth-order valence-electron chi connectivity index (χ4n) is 2.54. The largest absolute Gasteiger partial charge is 0.354 e.